The largest absolute Gasteiger partial charge is 0.411 e. The van der Waals surface area contributed by atoms with Crippen molar-refractivity contribution in [2.75, 3.05) is 13.2 Å². The summed E-state index contributed by atoms with van der Waals surface area (Å²) in [4.78, 5) is 0. The van der Waals surface area contributed by atoms with Gasteiger partial charge in [-0.05, 0) is 22.4 Å². The molecule has 2 rings (SSSR count). The Hall–Kier alpha value is -1.59. The zero-order chi connectivity index (χ0) is 13.9. The van der Waals surface area contributed by atoms with E-state index in [4.69, 9.17) is 0 Å². The molecule has 0 spiro atoms. The minimum absolute atomic E-state index is 0.377. The van der Waals surface area contributed by atoms with Crippen molar-refractivity contribution < 1.29 is 23.0 Å². The molecule has 0 heterocycles. The molecule has 19 heavy (non-hydrogen) atoms. The number of alkyl halides is 3. The lowest BCUT2D eigenvalue weighted by molar-refractivity contribution is -0.179. The van der Waals surface area contributed by atoms with Crippen molar-refractivity contribution in [2.24, 2.45) is 0 Å². The average molecular weight is 270 g/mol. The Kier molecular flexibility index (Phi) is 4.07. The molecule has 2 aromatic carbocycles. The summed E-state index contributed by atoms with van der Waals surface area (Å²) < 4.78 is 40.2. The molecule has 102 valence electrons. The molecule has 0 aliphatic carbocycles. The third-order valence-electron chi connectivity index (χ3n) is 2.70. The van der Waals surface area contributed by atoms with Gasteiger partial charge in [0.15, 0.2) is 0 Å². The van der Waals surface area contributed by atoms with Gasteiger partial charge in [0.25, 0.3) is 0 Å². The summed E-state index contributed by atoms with van der Waals surface area (Å²) in [5.74, 6) is 0. The van der Waals surface area contributed by atoms with Gasteiger partial charge in [-0.3, -0.25) is 0 Å². The van der Waals surface area contributed by atoms with Crippen molar-refractivity contribution in [3.63, 3.8) is 0 Å². The molecule has 2 aromatic rings. The Morgan fingerprint density at radius 1 is 1.05 bits per heavy atom. The summed E-state index contributed by atoms with van der Waals surface area (Å²) in [6, 6.07) is 12.8. The van der Waals surface area contributed by atoms with Crippen LogP contribution in [0, 0.1) is 0 Å². The first-order valence-electron chi connectivity index (χ1n) is 5.77. The van der Waals surface area contributed by atoms with Crippen molar-refractivity contribution in [2.45, 2.75) is 12.3 Å². The molecule has 0 saturated heterocycles. The van der Waals surface area contributed by atoms with Gasteiger partial charge >= 0.3 is 6.18 Å². The van der Waals surface area contributed by atoms with Crippen LogP contribution in [0.3, 0.4) is 0 Å². The minimum Gasteiger partial charge on any atom is -0.386 e. The highest BCUT2D eigenvalue weighted by molar-refractivity contribution is 5.83. The molecule has 0 aromatic heterocycles. The van der Waals surface area contributed by atoms with Gasteiger partial charge in [-0.15, -0.1) is 0 Å². The molecule has 0 aliphatic rings. The predicted molar refractivity (Wildman–Crippen MR) is 65.8 cm³/mol. The van der Waals surface area contributed by atoms with Crippen LogP contribution in [-0.4, -0.2) is 24.5 Å². The smallest absolute Gasteiger partial charge is 0.386 e. The second-order valence-corrected chi connectivity index (χ2v) is 4.25. The summed E-state index contributed by atoms with van der Waals surface area (Å²) in [6.07, 6.45) is -5.43. The van der Waals surface area contributed by atoms with Crippen LogP contribution in [0.4, 0.5) is 13.2 Å². The van der Waals surface area contributed by atoms with Crippen molar-refractivity contribution in [3.05, 3.63) is 48.0 Å². The normalized spacial score (nSPS) is 13.7. The van der Waals surface area contributed by atoms with E-state index in [1.165, 1.54) is 0 Å². The maximum absolute atomic E-state index is 11.9. The lowest BCUT2D eigenvalue weighted by Gasteiger charge is -2.13. The molecule has 0 bridgehead atoms. The Labute approximate surface area is 108 Å². The fourth-order valence-electron chi connectivity index (χ4n) is 1.80. The van der Waals surface area contributed by atoms with Crippen molar-refractivity contribution >= 4 is 10.8 Å². The number of hydrogen-bond acceptors (Lipinski definition) is 2. The van der Waals surface area contributed by atoms with Gasteiger partial charge in [0.05, 0.1) is 6.61 Å². The highest BCUT2D eigenvalue weighted by atomic mass is 19.4. The molecule has 1 atom stereocenters. The van der Waals surface area contributed by atoms with E-state index >= 15 is 0 Å². The van der Waals surface area contributed by atoms with E-state index < -0.39 is 18.9 Å². The number of ether oxygens (including phenoxy) is 1. The number of hydrogen-bond donors (Lipinski definition) is 1. The van der Waals surface area contributed by atoms with Crippen LogP contribution in [0.2, 0.25) is 0 Å². The van der Waals surface area contributed by atoms with E-state index in [0.29, 0.717) is 5.56 Å². The summed E-state index contributed by atoms with van der Waals surface area (Å²) in [5.41, 5.74) is 0.542. The van der Waals surface area contributed by atoms with Gasteiger partial charge in [-0.1, -0.05) is 36.4 Å². The van der Waals surface area contributed by atoms with E-state index in [2.05, 4.69) is 4.74 Å². The maximum atomic E-state index is 11.9. The molecule has 0 aliphatic heterocycles. The quantitative estimate of drug-likeness (QED) is 0.922. The van der Waals surface area contributed by atoms with Gasteiger partial charge in [-0.2, -0.15) is 13.2 Å². The van der Waals surface area contributed by atoms with Crippen LogP contribution in [0.1, 0.15) is 11.7 Å². The van der Waals surface area contributed by atoms with Crippen LogP contribution in [-0.2, 0) is 4.74 Å². The first-order valence-corrected chi connectivity index (χ1v) is 5.77. The third-order valence-corrected chi connectivity index (χ3v) is 2.70. The summed E-state index contributed by atoms with van der Waals surface area (Å²) in [7, 11) is 0. The molecule has 5 heteroatoms. The van der Waals surface area contributed by atoms with Crippen molar-refractivity contribution in [3.8, 4) is 0 Å². The SMILES string of the molecule is O[C@H](COCC(F)(F)F)c1ccc2ccccc2c1. The molecule has 0 amide bonds. The summed E-state index contributed by atoms with van der Waals surface area (Å²) in [5, 5.41) is 11.7. The first-order chi connectivity index (χ1) is 8.96. The van der Waals surface area contributed by atoms with Crippen LogP contribution in [0.25, 0.3) is 10.8 Å². The zero-order valence-corrected chi connectivity index (χ0v) is 10.0. The molecule has 2 nitrogen and oxygen atoms in total. The van der Waals surface area contributed by atoms with Gasteiger partial charge in [-0.25, -0.2) is 0 Å². The minimum atomic E-state index is -4.37. The molecule has 0 unspecified atom stereocenters. The van der Waals surface area contributed by atoms with Gasteiger partial charge in [0, 0.05) is 0 Å². The van der Waals surface area contributed by atoms with E-state index in [1.807, 2.05) is 30.3 Å². The van der Waals surface area contributed by atoms with Crippen LogP contribution in [0.5, 0.6) is 0 Å². The number of rotatable bonds is 4. The lowest BCUT2D eigenvalue weighted by Crippen LogP contribution is -2.19. The number of fused-ring (bicyclic) bond motifs is 1. The molecule has 1 N–H and O–H groups in total. The second kappa shape index (κ2) is 5.59. The number of benzene rings is 2. The molecule has 0 saturated carbocycles. The van der Waals surface area contributed by atoms with E-state index in [9.17, 15) is 18.3 Å². The van der Waals surface area contributed by atoms with Gasteiger partial charge in [0.2, 0.25) is 0 Å². The predicted octanol–water partition coefficient (Wildman–Crippen LogP) is 3.45. The van der Waals surface area contributed by atoms with Crippen molar-refractivity contribution in [1.82, 2.24) is 0 Å². The third kappa shape index (κ3) is 3.94. The fourth-order valence-corrected chi connectivity index (χ4v) is 1.80. The van der Waals surface area contributed by atoms with Crippen molar-refractivity contribution in [1.29, 1.82) is 0 Å². The Balaban J connectivity index is 2.03. The molecular weight excluding hydrogens is 257 g/mol. The lowest BCUT2D eigenvalue weighted by atomic mass is 10.0. The standard InChI is InChI=1S/C14H13F3O2/c15-14(16,17)9-19-8-13(18)12-6-5-10-3-1-2-4-11(10)7-12/h1-7,13,18H,8-9H2/t13-/m1/s1. The number of aliphatic hydroxyl groups excluding tert-OH is 1. The molecular formula is C14H13F3O2. The van der Waals surface area contributed by atoms with Crippen LogP contribution in [0.15, 0.2) is 42.5 Å². The average Bonchev–Trinajstić information content (AvgIpc) is 2.36. The topological polar surface area (TPSA) is 29.5 Å². The molecule has 0 fully saturated rings. The Bertz CT molecular complexity index is 552. The van der Waals surface area contributed by atoms with E-state index in [-0.39, 0.29) is 6.61 Å². The van der Waals surface area contributed by atoms with E-state index in [1.54, 1.807) is 12.1 Å². The number of aliphatic hydroxyl groups is 1. The second-order valence-electron chi connectivity index (χ2n) is 4.25. The van der Waals surface area contributed by atoms with Gasteiger partial charge in [0.1, 0.15) is 12.7 Å². The first kappa shape index (κ1) is 13.8. The van der Waals surface area contributed by atoms with Gasteiger partial charge < -0.3 is 9.84 Å². The molecule has 0 radical (unpaired) electrons. The maximum Gasteiger partial charge on any atom is 0.411 e. The Morgan fingerprint density at radius 3 is 2.42 bits per heavy atom. The zero-order valence-electron chi connectivity index (χ0n) is 10.0. The fraction of sp³-hybridized carbons (Fsp3) is 0.286. The highest BCUT2D eigenvalue weighted by Gasteiger charge is 2.27. The highest BCUT2D eigenvalue weighted by Crippen LogP contribution is 2.21. The summed E-state index contributed by atoms with van der Waals surface area (Å²) >= 11 is 0. The number of halogens is 3. The van der Waals surface area contributed by atoms with Crippen LogP contribution >= 0.6 is 0 Å². The monoisotopic (exact) mass is 270 g/mol. The Morgan fingerprint density at radius 2 is 1.74 bits per heavy atom. The summed E-state index contributed by atoms with van der Waals surface area (Å²) in [6.45, 7) is -1.73. The van der Waals surface area contributed by atoms with E-state index in [0.717, 1.165) is 10.8 Å². The van der Waals surface area contributed by atoms with Crippen LogP contribution < -0.4 is 0 Å².